The van der Waals surface area contributed by atoms with Crippen LogP contribution in [0.1, 0.15) is 15.9 Å². The molecule has 1 fully saturated rings. The van der Waals surface area contributed by atoms with Gasteiger partial charge in [-0.2, -0.15) is 0 Å². The summed E-state index contributed by atoms with van der Waals surface area (Å²) >= 11 is 6.06. The second-order valence-electron chi connectivity index (χ2n) is 5.80. The highest BCUT2D eigenvalue weighted by Crippen LogP contribution is 2.21. The first kappa shape index (κ1) is 17.3. The third-order valence-electron chi connectivity index (χ3n) is 4.21. The molecule has 2 aromatic carbocycles. The summed E-state index contributed by atoms with van der Waals surface area (Å²) in [5.74, 6) is 0.0565. The van der Waals surface area contributed by atoms with Crippen LogP contribution < -0.4 is 4.90 Å². The van der Waals surface area contributed by atoms with Crippen molar-refractivity contribution in [3.8, 4) is 0 Å². The minimum Gasteiger partial charge on any atom is -0.399 e. The third kappa shape index (κ3) is 4.31. The van der Waals surface area contributed by atoms with Gasteiger partial charge < -0.3 is 14.6 Å². The van der Waals surface area contributed by atoms with Gasteiger partial charge >= 0.3 is 0 Å². The summed E-state index contributed by atoms with van der Waals surface area (Å²) in [7, 11) is 1.50. The van der Waals surface area contributed by atoms with Crippen LogP contribution in [0.4, 0.5) is 5.69 Å². The Morgan fingerprint density at radius 3 is 2.48 bits per heavy atom. The van der Waals surface area contributed by atoms with Crippen molar-refractivity contribution in [1.82, 2.24) is 4.90 Å². The van der Waals surface area contributed by atoms with Gasteiger partial charge in [0.15, 0.2) is 0 Å². The maximum Gasteiger partial charge on any atom is 0.253 e. The van der Waals surface area contributed by atoms with Crippen LogP contribution in [0.5, 0.6) is 0 Å². The first-order valence-corrected chi connectivity index (χ1v) is 8.51. The second kappa shape index (κ2) is 8.03. The Labute approximate surface area is 152 Å². The van der Waals surface area contributed by atoms with E-state index in [1.807, 2.05) is 53.4 Å². The molecule has 1 aliphatic heterocycles. The van der Waals surface area contributed by atoms with E-state index in [2.05, 4.69) is 14.9 Å². The third-order valence-corrected chi connectivity index (χ3v) is 4.44. The highest BCUT2D eigenvalue weighted by Gasteiger charge is 2.22. The monoisotopic (exact) mass is 357 g/mol. The summed E-state index contributed by atoms with van der Waals surface area (Å²) < 4.78 is 0. The fourth-order valence-corrected chi connectivity index (χ4v) is 3.03. The quantitative estimate of drug-likeness (QED) is 0.623. The molecule has 5 nitrogen and oxygen atoms in total. The molecule has 0 aromatic heterocycles. The van der Waals surface area contributed by atoms with Crippen LogP contribution in [0.15, 0.2) is 53.7 Å². The lowest BCUT2D eigenvalue weighted by Gasteiger charge is -2.36. The van der Waals surface area contributed by atoms with Crippen LogP contribution in [-0.4, -0.2) is 50.3 Å². The summed E-state index contributed by atoms with van der Waals surface area (Å²) in [6.07, 6.45) is 1.61. The molecule has 0 unspecified atom stereocenters. The molecule has 0 spiro atoms. The minimum atomic E-state index is 0.0565. The molecule has 0 aliphatic carbocycles. The lowest BCUT2D eigenvalue weighted by molar-refractivity contribution is 0.0747. The number of benzene rings is 2. The number of carbonyl (C=O) groups is 1. The second-order valence-corrected chi connectivity index (χ2v) is 6.23. The van der Waals surface area contributed by atoms with Crippen LogP contribution >= 0.6 is 11.6 Å². The molecule has 3 rings (SSSR count). The zero-order valence-corrected chi connectivity index (χ0v) is 14.8. The Hall–Kier alpha value is -2.53. The fourth-order valence-electron chi connectivity index (χ4n) is 2.85. The number of oxime groups is 1. The van der Waals surface area contributed by atoms with Gasteiger partial charge in [0.1, 0.15) is 7.11 Å². The van der Waals surface area contributed by atoms with E-state index in [9.17, 15) is 4.79 Å². The summed E-state index contributed by atoms with van der Waals surface area (Å²) in [5, 5.41) is 4.44. The molecule has 2 aromatic rings. The van der Waals surface area contributed by atoms with Gasteiger partial charge in [0.05, 0.1) is 6.21 Å². The summed E-state index contributed by atoms with van der Waals surface area (Å²) in [6, 6.07) is 15.2. The lowest BCUT2D eigenvalue weighted by Crippen LogP contribution is -2.48. The number of halogens is 1. The largest absolute Gasteiger partial charge is 0.399 e. The molecule has 0 N–H and O–H groups in total. The highest BCUT2D eigenvalue weighted by atomic mass is 35.5. The number of amides is 1. The highest BCUT2D eigenvalue weighted by molar-refractivity contribution is 6.30. The van der Waals surface area contributed by atoms with Crippen LogP contribution in [0.25, 0.3) is 0 Å². The van der Waals surface area contributed by atoms with Crippen LogP contribution in [0.3, 0.4) is 0 Å². The number of piperazine rings is 1. The van der Waals surface area contributed by atoms with Crippen molar-refractivity contribution in [3.63, 3.8) is 0 Å². The van der Waals surface area contributed by atoms with E-state index < -0.39 is 0 Å². The zero-order valence-electron chi connectivity index (χ0n) is 14.1. The SMILES string of the molecule is CO/N=C/c1ccc(C(=O)N2CCN(c3cccc(Cl)c3)CC2)cc1. The molecular formula is C19H20ClN3O2. The van der Waals surface area contributed by atoms with Crippen molar-refractivity contribution >= 4 is 29.4 Å². The van der Waals surface area contributed by atoms with E-state index in [1.54, 1.807) is 6.21 Å². The first-order valence-electron chi connectivity index (χ1n) is 8.14. The van der Waals surface area contributed by atoms with Gasteiger partial charge in [-0.15, -0.1) is 0 Å². The lowest BCUT2D eigenvalue weighted by atomic mass is 10.1. The van der Waals surface area contributed by atoms with Crippen molar-refractivity contribution in [2.45, 2.75) is 0 Å². The van der Waals surface area contributed by atoms with Gasteiger partial charge in [0, 0.05) is 42.5 Å². The topological polar surface area (TPSA) is 45.1 Å². The van der Waals surface area contributed by atoms with Gasteiger partial charge in [-0.05, 0) is 35.9 Å². The van der Waals surface area contributed by atoms with Crippen molar-refractivity contribution < 1.29 is 9.63 Å². The summed E-state index contributed by atoms with van der Waals surface area (Å²) in [5.41, 5.74) is 2.68. The standard InChI is InChI=1S/C19H20ClN3O2/c1-25-21-14-15-5-7-16(8-6-15)19(24)23-11-9-22(10-12-23)18-4-2-3-17(20)13-18/h2-8,13-14H,9-12H2,1H3/b21-14+. The van der Waals surface area contributed by atoms with Crippen molar-refractivity contribution in [1.29, 1.82) is 0 Å². The molecule has 1 aliphatic rings. The number of carbonyl (C=O) groups excluding carboxylic acids is 1. The van der Waals surface area contributed by atoms with Gasteiger partial charge in [-0.25, -0.2) is 0 Å². The van der Waals surface area contributed by atoms with E-state index in [4.69, 9.17) is 11.6 Å². The normalized spacial score (nSPS) is 14.8. The molecule has 0 radical (unpaired) electrons. The molecular weight excluding hydrogens is 338 g/mol. The Balaban J connectivity index is 1.60. The number of anilines is 1. The number of nitrogens with zero attached hydrogens (tertiary/aromatic N) is 3. The molecule has 1 saturated heterocycles. The number of rotatable bonds is 4. The van der Waals surface area contributed by atoms with Crippen LogP contribution in [0.2, 0.25) is 5.02 Å². The zero-order chi connectivity index (χ0) is 17.6. The summed E-state index contributed by atoms with van der Waals surface area (Å²) in [6.45, 7) is 2.98. The maximum atomic E-state index is 12.7. The Morgan fingerprint density at radius 1 is 1.12 bits per heavy atom. The molecule has 1 heterocycles. The molecule has 6 heteroatoms. The van der Waals surface area contributed by atoms with Gasteiger partial charge in [0.2, 0.25) is 0 Å². The molecule has 0 bridgehead atoms. The van der Waals surface area contributed by atoms with E-state index in [1.165, 1.54) is 7.11 Å². The van der Waals surface area contributed by atoms with Gasteiger partial charge in [-0.1, -0.05) is 35.0 Å². The molecule has 0 atom stereocenters. The fraction of sp³-hybridized carbons (Fsp3) is 0.263. The van der Waals surface area contributed by atoms with E-state index in [0.29, 0.717) is 18.7 Å². The number of hydrogen-bond donors (Lipinski definition) is 0. The average Bonchev–Trinajstić information content (AvgIpc) is 2.66. The van der Waals surface area contributed by atoms with Gasteiger partial charge in [-0.3, -0.25) is 4.79 Å². The summed E-state index contributed by atoms with van der Waals surface area (Å²) in [4.78, 5) is 21.4. The van der Waals surface area contributed by atoms with Crippen LogP contribution in [-0.2, 0) is 4.84 Å². The Kier molecular flexibility index (Phi) is 5.56. The van der Waals surface area contributed by atoms with Crippen molar-refractivity contribution in [2.24, 2.45) is 5.16 Å². The van der Waals surface area contributed by atoms with E-state index in [0.717, 1.165) is 29.4 Å². The average molecular weight is 358 g/mol. The Bertz CT molecular complexity index is 754. The molecule has 1 amide bonds. The minimum absolute atomic E-state index is 0.0565. The number of hydrogen-bond acceptors (Lipinski definition) is 4. The molecule has 25 heavy (non-hydrogen) atoms. The first-order chi connectivity index (χ1) is 12.2. The van der Waals surface area contributed by atoms with Crippen LogP contribution in [0, 0.1) is 0 Å². The predicted molar refractivity (Wildman–Crippen MR) is 101 cm³/mol. The smallest absolute Gasteiger partial charge is 0.253 e. The van der Waals surface area contributed by atoms with E-state index in [-0.39, 0.29) is 5.91 Å². The van der Waals surface area contributed by atoms with E-state index >= 15 is 0 Å². The molecule has 130 valence electrons. The Morgan fingerprint density at radius 2 is 1.84 bits per heavy atom. The van der Waals surface area contributed by atoms with Crippen molar-refractivity contribution in [2.75, 3.05) is 38.2 Å². The van der Waals surface area contributed by atoms with Crippen molar-refractivity contribution in [3.05, 3.63) is 64.7 Å². The maximum absolute atomic E-state index is 12.7. The molecule has 0 saturated carbocycles. The predicted octanol–water partition coefficient (Wildman–Crippen LogP) is 3.28. The van der Waals surface area contributed by atoms with Gasteiger partial charge in [0.25, 0.3) is 5.91 Å².